The Morgan fingerprint density at radius 1 is 0.946 bits per heavy atom. The second-order valence-corrected chi connectivity index (χ2v) is 10.4. The number of phenols is 1. The van der Waals surface area contributed by atoms with Crippen molar-refractivity contribution in [3.8, 4) is 5.75 Å². The number of benzene rings is 2. The highest BCUT2D eigenvalue weighted by atomic mass is 16.6. The number of esters is 2. The molecule has 200 valence electrons. The Morgan fingerprint density at radius 2 is 1.62 bits per heavy atom. The van der Waals surface area contributed by atoms with E-state index in [9.17, 15) is 19.5 Å². The van der Waals surface area contributed by atoms with Crippen LogP contribution in [0.5, 0.6) is 5.75 Å². The van der Waals surface area contributed by atoms with Gasteiger partial charge in [0.25, 0.3) is 0 Å². The van der Waals surface area contributed by atoms with Crippen LogP contribution >= 0.6 is 0 Å². The summed E-state index contributed by atoms with van der Waals surface area (Å²) in [6, 6.07) is 14.6. The fraction of sp³-hybridized carbons (Fsp3) is 0.483. The van der Waals surface area contributed by atoms with Crippen molar-refractivity contribution in [2.24, 2.45) is 5.92 Å². The lowest BCUT2D eigenvalue weighted by molar-refractivity contribution is -0.170. The average molecular weight is 512 g/mol. The molecule has 1 amide bonds. The van der Waals surface area contributed by atoms with E-state index in [2.05, 4.69) is 5.32 Å². The average Bonchev–Trinajstić information content (AvgIpc) is 2.85. The van der Waals surface area contributed by atoms with Crippen LogP contribution in [0.15, 0.2) is 54.6 Å². The summed E-state index contributed by atoms with van der Waals surface area (Å²) in [6.07, 6.45) is 2.50. The molecule has 0 aliphatic heterocycles. The highest BCUT2D eigenvalue weighted by Crippen LogP contribution is 2.28. The highest BCUT2D eigenvalue weighted by molar-refractivity contribution is 5.85. The van der Waals surface area contributed by atoms with Crippen LogP contribution < -0.4 is 5.32 Å². The summed E-state index contributed by atoms with van der Waals surface area (Å²) in [4.78, 5) is 39.1. The van der Waals surface area contributed by atoms with Crippen molar-refractivity contribution < 1.29 is 33.7 Å². The van der Waals surface area contributed by atoms with Crippen LogP contribution in [0.3, 0.4) is 0 Å². The van der Waals surface area contributed by atoms with Crippen LogP contribution in [0.1, 0.15) is 64.0 Å². The lowest BCUT2D eigenvalue weighted by Crippen LogP contribution is -2.50. The van der Waals surface area contributed by atoms with Gasteiger partial charge in [0.2, 0.25) is 6.10 Å². The molecule has 37 heavy (non-hydrogen) atoms. The molecule has 3 rings (SSSR count). The number of amides is 1. The van der Waals surface area contributed by atoms with Crippen LogP contribution in [0, 0.1) is 5.92 Å². The molecule has 1 aliphatic carbocycles. The molecular weight excluding hydrogens is 474 g/mol. The number of hydrogen-bond donors (Lipinski definition) is 2. The molecule has 8 heteroatoms. The molecule has 0 heterocycles. The fourth-order valence-electron chi connectivity index (χ4n) is 4.38. The predicted molar refractivity (Wildman–Crippen MR) is 138 cm³/mol. The zero-order valence-electron chi connectivity index (χ0n) is 21.8. The molecule has 0 bridgehead atoms. The zero-order chi connectivity index (χ0) is 26.8. The number of rotatable bonds is 9. The quantitative estimate of drug-likeness (QED) is 0.357. The number of phenolic OH excluding ortho intramolecular Hbond substituents is 1. The van der Waals surface area contributed by atoms with Gasteiger partial charge in [-0.1, -0.05) is 61.7 Å². The van der Waals surface area contributed by atoms with Crippen molar-refractivity contribution in [1.82, 2.24) is 5.32 Å². The minimum atomic E-state index is -1.26. The van der Waals surface area contributed by atoms with E-state index in [0.717, 1.165) is 37.7 Å². The third-order valence-corrected chi connectivity index (χ3v) is 6.12. The van der Waals surface area contributed by atoms with Gasteiger partial charge in [-0.05, 0) is 62.8 Å². The lowest BCUT2D eigenvalue weighted by Gasteiger charge is -2.31. The number of aromatic hydroxyl groups is 1. The second kappa shape index (κ2) is 13.1. The van der Waals surface area contributed by atoms with Crippen molar-refractivity contribution >= 4 is 18.0 Å². The Morgan fingerprint density at radius 3 is 2.27 bits per heavy atom. The summed E-state index contributed by atoms with van der Waals surface area (Å²) in [5, 5.41) is 12.6. The largest absolute Gasteiger partial charge is 0.508 e. The van der Waals surface area contributed by atoms with Gasteiger partial charge in [0.1, 0.15) is 24.0 Å². The fourth-order valence-corrected chi connectivity index (χ4v) is 4.38. The SMILES string of the molecule is CC(C)(C)OC(=O)N[C@H](C(=O)OC(Cc1cccc(O)c1)C(=O)OCc1ccccc1)C1CCCCC1. The molecular formula is C29H37NO7. The molecule has 2 N–H and O–H groups in total. The van der Waals surface area contributed by atoms with Crippen LogP contribution in [-0.4, -0.2) is 40.9 Å². The summed E-state index contributed by atoms with van der Waals surface area (Å²) in [7, 11) is 0. The van der Waals surface area contributed by atoms with Crippen molar-refractivity contribution in [1.29, 1.82) is 0 Å². The number of carbonyl (C=O) groups excluding carboxylic acids is 3. The van der Waals surface area contributed by atoms with Crippen LogP contribution in [0.25, 0.3) is 0 Å². The monoisotopic (exact) mass is 511 g/mol. The van der Waals surface area contributed by atoms with Gasteiger partial charge >= 0.3 is 18.0 Å². The lowest BCUT2D eigenvalue weighted by atomic mass is 9.84. The summed E-state index contributed by atoms with van der Waals surface area (Å²) in [5.74, 6) is -1.51. The van der Waals surface area contributed by atoms with Gasteiger partial charge in [-0.3, -0.25) is 0 Å². The standard InChI is InChI=1S/C29H37NO7/c1-29(2,3)37-28(34)30-25(22-14-8-5-9-15-22)27(33)36-24(18-21-13-10-16-23(31)17-21)26(32)35-19-20-11-6-4-7-12-20/h4,6-7,10-13,16-17,22,24-25,31H,5,8-9,14-15,18-19H2,1-3H3,(H,30,34)/t24?,25-/m0/s1. The van der Waals surface area contributed by atoms with Gasteiger partial charge in [0.15, 0.2) is 0 Å². The van der Waals surface area contributed by atoms with E-state index in [1.807, 2.05) is 30.3 Å². The maximum atomic E-state index is 13.4. The Hall–Kier alpha value is -3.55. The first kappa shape index (κ1) is 28.0. The van der Waals surface area contributed by atoms with E-state index in [1.54, 1.807) is 32.9 Å². The molecule has 2 aromatic carbocycles. The molecule has 8 nitrogen and oxygen atoms in total. The van der Waals surface area contributed by atoms with E-state index >= 15 is 0 Å². The molecule has 2 atom stereocenters. The molecule has 1 fully saturated rings. The maximum absolute atomic E-state index is 13.4. The molecule has 1 aliphatic rings. The normalized spacial score (nSPS) is 15.8. The van der Waals surface area contributed by atoms with Crippen LogP contribution in [-0.2, 0) is 36.8 Å². The van der Waals surface area contributed by atoms with Crippen molar-refractivity contribution in [2.45, 2.75) is 83.6 Å². The number of hydrogen-bond acceptors (Lipinski definition) is 7. The first-order valence-electron chi connectivity index (χ1n) is 12.8. The number of ether oxygens (including phenoxy) is 3. The smallest absolute Gasteiger partial charge is 0.408 e. The molecule has 1 saturated carbocycles. The third kappa shape index (κ3) is 9.44. The summed E-state index contributed by atoms with van der Waals surface area (Å²) in [5.41, 5.74) is 0.665. The number of alkyl carbamates (subject to hydrolysis) is 1. The van der Waals surface area contributed by atoms with Gasteiger partial charge in [-0.2, -0.15) is 0 Å². The molecule has 0 aromatic heterocycles. The Balaban J connectivity index is 1.77. The molecule has 0 saturated heterocycles. The predicted octanol–water partition coefficient (Wildman–Crippen LogP) is 5.06. The van der Waals surface area contributed by atoms with Crippen molar-refractivity contribution in [3.05, 3.63) is 65.7 Å². The van der Waals surface area contributed by atoms with Crippen LogP contribution in [0.4, 0.5) is 4.79 Å². The topological polar surface area (TPSA) is 111 Å². The first-order valence-corrected chi connectivity index (χ1v) is 12.8. The van der Waals surface area contributed by atoms with E-state index < -0.39 is 35.8 Å². The van der Waals surface area contributed by atoms with E-state index in [0.29, 0.717) is 5.56 Å². The number of carbonyl (C=O) groups is 3. The summed E-state index contributed by atoms with van der Waals surface area (Å²) < 4.78 is 16.6. The van der Waals surface area contributed by atoms with E-state index in [1.165, 1.54) is 12.1 Å². The summed E-state index contributed by atoms with van der Waals surface area (Å²) >= 11 is 0. The zero-order valence-corrected chi connectivity index (χ0v) is 21.8. The third-order valence-electron chi connectivity index (χ3n) is 6.12. The van der Waals surface area contributed by atoms with Gasteiger partial charge in [-0.15, -0.1) is 0 Å². The van der Waals surface area contributed by atoms with Gasteiger partial charge in [0, 0.05) is 6.42 Å². The molecule has 0 spiro atoms. The van der Waals surface area contributed by atoms with Crippen LogP contribution in [0.2, 0.25) is 0 Å². The molecule has 2 aromatic rings. The Labute approximate surface area is 218 Å². The first-order chi connectivity index (χ1) is 17.6. The minimum absolute atomic E-state index is 0.0115. The van der Waals surface area contributed by atoms with Gasteiger partial charge in [0.05, 0.1) is 0 Å². The Kier molecular flexibility index (Phi) is 9.94. The molecule has 1 unspecified atom stereocenters. The second-order valence-electron chi connectivity index (χ2n) is 10.4. The molecule has 0 radical (unpaired) electrons. The van der Waals surface area contributed by atoms with Gasteiger partial charge < -0.3 is 24.6 Å². The van der Waals surface area contributed by atoms with Crippen molar-refractivity contribution in [3.63, 3.8) is 0 Å². The minimum Gasteiger partial charge on any atom is -0.508 e. The number of nitrogens with one attached hydrogen (secondary N) is 1. The van der Waals surface area contributed by atoms with E-state index in [4.69, 9.17) is 14.2 Å². The van der Waals surface area contributed by atoms with Gasteiger partial charge in [-0.25, -0.2) is 14.4 Å². The summed E-state index contributed by atoms with van der Waals surface area (Å²) in [6.45, 7) is 5.26. The maximum Gasteiger partial charge on any atom is 0.408 e. The highest BCUT2D eigenvalue weighted by Gasteiger charge is 2.36. The Bertz CT molecular complexity index is 1040. The van der Waals surface area contributed by atoms with Crippen molar-refractivity contribution in [2.75, 3.05) is 0 Å². The van der Waals surface area contributed by atoms with E-state index in [-0.39, 0.29) is 24.7 Å².